The third-order valence-electron chi connectivity index (χ3n) is 2.13. The first kappa shape index (κ1) is 11.2. The van der Waals surface area contributed by atoms with Crippen LogP contribution in [0.1, 0.15) is 38.8 Å². The molecule has 0 radical (unpaired) electrons. The highest BCUT2D eigenvalue weighted by molar-refractivity contribution is 5.03. The number of nitrogens with zero attached hydrogens (tertiary/aromatic N) is 3. The van der Waals surface area contributed by atoms with Gasteiger partial charge < -0.3 is 5.73 Å². The predicted octanol–water partition coefficient (Wildman–Crippen LogP) is 1.00. The minimum Gasteiger partial charge on any atom is -0.330 e. The van der Waals surface area contributed by atoms with E-state index in [1.165, 1.54) is 0 Å². The summed E-state index contributed by atoms with van der Waals surface area (Å²) in [5, 5.41) is 4.40. The summed E-state index contributed by atoms with van der Waals surface area (Å²) in [6, 6.07) is 0. The fraction of sp³-hybridized carbons (Fsp3) is 0.800. The van der Waals surface area contributed by atoms with E-state index in [-0.39, 0.29) is 5.41 Å². The second-order valence-electron chi connectivity index (χ2n) is 4.62. The van der Waals surface area contributed by atoms with Gasteiger partial charge in [0.15, 0.2) is 5.82 Å². The molecule has 0 aliphatic heterocycles. The molecule has 0 atom stereocenters. The summed E-state index contributed by atoms with van der Waals surface area (Å²) >= 11 is 0. The number of hydrogen-bond donors (Lipinski definition) is 1. The van der Waals surface area contributed by atoms with Gasteiger partial charge in [-0.3, -0.25) is 4.68 Å². The molecule has 0 bridgehead atoms. The van der Waals surface area contributed by atoms with Crippen molar-refractivity contribution >= 4 is 0 Å². The minimum absolute atomic E-state index is 0.0265. The average molecular weight is 196 g/mol. The lowest BCUT2D eigenvalue weighted by molar-refractivity contribution is 0.538. The SMILES string of the molecule is Cn1nc(C(C)(C)C)nc1CCCN. The molecule has 2 N–H and O–H groups in total. The van der Waals surface area contributed by atoms with Gasteiger partial charge in [-0.25, -0.2) is 4.98 Å². The number of rotatable bonds is 3. The van der Waals surface area contributed by atoms with Gasteiger partial charge in [0.2, 0.25) is 0 Å². The maximum Gasteiger partial charge on any atom is 0.156 e. The molecule has 0 saturated carbocycles. The van der Waals surface area contributed by atoms with E-state index in [2.05, 4.69) is 30.9 Å². The van der Waals surface area contributed by atoms with Crippen LogP contribution in [0, 0.1) is 0 Å². The molecule has 0 saturated heterocycles. The largest absolute Gasteiger partial charge is 0.330 e. The monoisotopic (exact) mass is 196 g/mol. The second kappa shape index (κ2) is 4.09. The molecule has 1 rings (SSSR count). The lowest BCUT2D eigenvalue weighted by Gasteiger charge is -2.11. The predicted molar refractivity (Wildman–Crippen MR) is 57.1 cm³/mol. The summed E-state index contributed by atoms with van der Waals surface area (Å²) < 4.78 is 1.86. The Morgan fingerprint density at radius 1 is 1.36 bits per heavy atom. The molecule has 0 aliphatic rings. The van der Waals surface area contributed by atoms with Crippen LogP contribution in [0.25, 0.3) is 0 Å². The normalized spacial score (nSPS) is 12.1. The van der Waals surface area contributed by atoms with Crippen LogP contribution in [0.2, 0.25) is 0 Å². The number of hydrogen-bond acceptors (Lipinski definition) is 3. The molecule has 80 valence electrons. The van der Waals surface area contributed by atoms with Crippen LogP contribution in [0.5, 0.6) is 0 Å². The van der Waals surface area contributed by atoms with Gasteiger partial charge in [0.05, 0.1) is 0 Å². The van der Waals surface area contributed by atoms with Crippen LogP contribution in [0.4, 0.5) is 0 Å². The van der Waals surface area contributed by atoms with Crippen molar-refractivity contribution in [1.82, 2.24) is 14.8 Å². The van der Waals surface area contributed by atoms with Crippen LogP contribution >= 0.6 is 0 Å². The van der Waals surface area contributed by atoms with E-state index in [1.807, 2.05) is 11.7 Å². The Balaban J connectivity index is 2.82. The van der Waals surface area contributed by atoms with Crippen LogP contribution in [-0.2, 0) is 18.9 Å². The Morgan fingerprint density at radius 2 is 2.00 bits per heavy atom. The van der Waals surface area contributed by atoms with Crippen LogP contribution < -0.4 is 5.73 Å². The van der Waals surface area contributed by atoms with E-state index in [9.17, 15) is 0 Å². The molecule has 0 unspecified atom stereocenters. The van der Waals surface area contributed by atoms with Gasteiger partial charge in [0.25, 0.3) is 0 Å². The zero-order valence-electron chi connectivity index (χ0n) is 9.54. The molecule has 0 aromatic carbocycles. The van der Waals surface area contributed by atoms with Crippen molar-refractivity contribution in [2.45, 2.75) is 39.0 Å². The van der Waals surface area contributed by atoms with Gasteiger partial charge in [-0.05, 0) is 13.0 Å². The van der Waals surface area contributed by atoms with Crippen molar-refractivity contribution < 1.29 is 0 Å². The van der Waals surface area contributed by atoms with Gasteiger partial charge in [0.1, 0.15) is 5.82 Å². The third-order valence-corrected chi connectivity index (χ3v) is 2.13. The van der Waals surface area contributed by atoms with E-state index >= 15 is 0 Å². The molecule has 4 heteroatoms. The van der Waals surface area contributed by atoms with Crippen LogP contribution in [0.15, 0.2) is 0 Å². The Bertz CT molecular complexity index is 296. The Labute approximate surface area is 85.5 Å². The summed E-state index contributed by atoms with van der Waals surface area (Å²) in [6.07, 6.45) is 1.88. The molecule has 4 nitrogen and oxygen atoms in total. The van der Waals surface area contributed by atoms with Crippen molar-refractivity contribution in [1.29, 1.82) is 0 Å². The lowest BCUT2D eigenvalue weighted by Crippen LogP contribution is -2.13. The third kappa shape index (κ3) is 2.54. The molecule has 0 aliphatic carbocycles. The molecule has 0 spiro atoms. The van der Waals surface area contributed by atoms with Crippen LogP contribution in [0.3, 0.4) is 0 Å². The minimum atomic E-state index is 0.0265. The van der Waals surface area contributed by atoms with E-state index in [4.69, 9.17) is 5.73 Å². The van der Waals surface area contributed by atoms with E-state index < -0.39 is 0 Å². The van der Waals surface area contributed by atoms with E-state index in [1.54, 1.807) is 0 Å². The summed E-state index contributed by atoms with van der Waals surface area (Å²) in [7, 11) is 1.94. The smallest absolute Gasteiger partial charge is 0.156 e. The lowest BCUT2D eigenvalue weighted by atomic mass is 9.96. The first-order valence-electron chi connectivity index (χ1n) is 5.05. The maximum absolute atomic E-state index is 5.46. The molecule has 0 amide bonds. The summed E-state index contributed by atoms with van der Waals surface area (Å²) in [5.74, 6) is 1.94. The van der Waals surface area contributed by atoms with Crippen molar-refractivity contribution in [2.75, 3.05) is 6.54 Å². The Hall–Kier alpha value is -0.900. The molecular weight excluding hydrogens is 176 g/mol. The highest BCUT2D eigenvalue weighted by atomic mass is 15.3. The standard InChI is InChI=1S/C10H20N4/c1-10(2,3)9-12-8(6-5-7-11)14(4)13-9/h5-7,11H2,1-4H3. The Kier molecular flexibility index (Phi) is 3.26. The number of aromatic nitrogens is 3. The van der Waals surface area contributed by atoms with Crippen molar-refractivity contribution in [2.24, 2.45) is 12.8 Å². The quantitative estimate of drug-likeness (QED) is 0.784. The zero-order chi connectivity index (χ0) is 10.8. The van der Waals surface area contributed by atoms with Crippen molar-refractivity contribution in [3.8, 4) is 0 Å². The molecular formula is C10H20N4. The van der Waals surface area contributed by atoms with Gasteiger partial charge in [0, 0.05) is 18.9 Å². The zero-order valence-corrected chi connectivity index (χ0v) is 9.54. The van der Waals surface area contributed by atoms with Crippen molar-refractivity contribution in [3.05, 3.63) is 11.6 Å². The highest BCUT2D eigenvalue weighted by Crippen LogP contribution is 2.18. The van der Waals surface area contributed by atoms with Gasteiger partial charge in [-0.15, -0.1) is 0 Å². The van der Waals surface area contributed by atoms with Crippen LogP contribution in [-0.4, -0.2) is 21.3 Å². The average Bonchev–Trinajstić information content (AvgIpc) is 2.43. The molecule has 1 aromatic heterocycles. The van der Waals surface area contributed by atoms with E-state index in [0.29, 0.717) is 6.54 Å². The Morgan fingerprint density at radius 3 is 2.43 bits per heavy atom. The summed E-state index contributed by atoms with van der Waals surface area (Å²) in [5.41, 5.74) is 5.49. The highest BCUT2D eigenvalue weighted by Gasteiger charge is 2.20. The first-order valence-corrected chi connectivity index (χ1v) is 5.05. The van der Waals surface area contributed by atoms with Gasteiger partial charge >= 0.3 is 0 Å². The topological polar surface area (TPSA) is 56.7 Å². The maximum atomic E-state index is 5.46. The number of nitrogens with two attached hydrogens (primary N) is 1. The molecule has 1 aromatic rings. The van der Waals surface area contributed by atoms with E-state index in [0.717, 1.165) is 24.5 Å². The fourth-order valence-corrected chi connectivity index (χ4v) is 1.21. The number of aryl methyl sites for hydroxylation is 2. The summed E-state index contributed by atoms with van der Waals surface area (Å²) in [6.45, 7) is 7.07. The van der Waals surface area contributed by atoms with Crippen molar-refractivity contribution in [3.63, 3.8) is 0 Å². The van der Waals surface area contributed by atoms with Gasteiger partial charge in [-0.2, -0.15) is 5.10 Å². The second-order valence-corrected chi connectivity index (χ2v) is 4.62. The molecule has 14 heavy (non-hydrogen) atoms. The van der Waals surface area contributed by atoms with Gasteiger partial charge in [-0.1, -0.05) is 20.8 Å². The fourth-order valence-electron chi connectivity index (χ4n) is 1.21. The summed E-state index contributed by atoms with van der Waals surface area (Å²) in [4.78, 5) is 4.51. The molecule has 0 fully saturated rings. The molecule has 1 heterocycles. The first-order chi connectivity index (χ1) is 6.45.